The van der Waals surface area contributed by atoms with Gasteiger partial charge in [-0.2, -0.15) is 0 Å². The first-order valence-electron chi connectivity index (χ1n) is 5.51. The van der Waals surface area contributed by atoms with Crippen molar-refractivity contribution in [1.29, 1.82) is 0 Å². The van der Waals surface area contributed by atoms with Crippen LogP contribution in [0.5, 0.6) is 5.75 Å². The van der Waals surface area contributed by atoms with E-state index in [0.717, 1.165) is 23.2 Å². The van der Waals surface area contributed by atoms with E-state index in [1.165, 1.54) is 0 Å². The average molecular weight is 236 g/mol. The van der Waals surface area contributed by atoms with Crippen LogP contribution >= 0.6 is 0 Å². The molecule has 2 rings (SSSR count). The van der Waals surface area contributed by atoms with Crippen molar-refractivity contribution in [2.24, 2.45) is 0 Å². The van der Waals surface area contributed by atoms with Gasteiger partial charge in [-0.05, 0) is 18.6 Å². The van der Waals surface area contributed by atoms with Crippen LogP contribution in [0.4, 0.5) is 0 Å². The van der Waals surface area contributed by atoms with Crippen LogP contribution in [0.25, 0.3) is 11.0 Å². The van der Waals surface area contributed by atoms with Crippen molar-refractivity contribution in [2.75, 3.05) is 20.8 Å². The van der Waals surface area contributed by atoms with Gasteiger partial charge in [0.15, 0.2) is 0 Å². The molecule has 92 valence electrons. The fourth-order valence-electron chi connectivity index (χ4n) is 1.85. The summed E-state index contributed by atoms with van der Waals surface area (Å²) in [5.74, 6) is 0.747. The van der Waals surface area contributed by atoms with E-state index < -0.39 is 0 Å². The summed E-state index contributed by atoms with van der Waals surface area (Å²) in [6, 6.07) is 5.54. The Kier molecular flexibility index (Phi) is 3.49. The number of aryl methyl sites for hydroxylation is 1. The molecule has 5 heteroatoms. The van der Waals surface area contributed by atoms with Gasteiger partial charge in [-0.1, -0.05) is 0 Å². The molecule has 2 aromatic rings. The second-order valence-corrected chi connectivity index (χ2v) is 3.81. The number of methoxy groups -OCH3 is 2. The summed E-state index contributed by atoms with van der Waals surface area (Å²) < 4.78 is 11.9. The molecule has 1 heterocycles. The highest BCUT2D eigenvalue weighted by Crippen LogP contribution is 2.18. The minimum Gasteiger partial charge on any atom is -0.497 e. The Balaban J connectivity index is 2.38. The number of fused-ring (bicyclic) bond motifs is 1. The Morgan fingerprint density at radius 3 is 2.88 bits per heavy atom. The second-order valence-electron chi connectivity index (χ2n) is 3.81. The van der Waals surface area contributed by atoms with Crippen molar-refractivity contribution in [3.63, 3.8) is 0 Å². The molecule has 0 saturated carbocycles. The normalized spacial score (nSPS) is 10.9. The van der Waals surface area contributed by atoms with Crippen LogP contribution in [0.1, 0.15) is 6.42 Å². The SMILES string of the molecule is COCCCn1c(=O)[nH]c2ccc(OC)cc21. The van der Waals surface area contributed by atoms with Crippen molar-refractivity contribution >= 4 is 11.0 Å². The van der Waals surface area contributed by atoms with Gasteiger partial charge >= 0.3 is 5.69 Å². The first kappa shape index (κ1) is 11.7. The zero-order valence-corrected chi connectivity index (χ0v) is 10.0. The summed E-state index contributed by atoms with van der Waals surface area (Å²) in [5.41, 5.74) is 1.60. The van der Waals surface area contributed by atoms with Gasteiger partial charge < -0.3 is 14.5 Å². The van der Waals surface area contributed by atoms with E-state index in [1.807, 2.05) is 18.2 Å². The fourth-order valence-corrected chi connectivity index (χ4v) is 1.85. The van der Waals surface area contributed by atoms with Crippen LogP contribution < -0.4 is 10.4 Å². The van der Waals surface area contributed by atoms with Gasteiger partial charge in [0.05, 0.1) is 18.1 Å². The largest absolute Gasteiger partial charge is 0.497 e. The average Bonchev–Trinajstić information content (AvgIpc) is 2.65. The molecule has 17 heavy (non-hydrogen) atoms. The maximum Gasteiger partial charge on any atom is 0.326 e. The number of nitrogens with zero attached hydrogens (tertiary/aromatic N) is 1. The lowest BCUT2D eigenvalue weighted by Gasteiger charge is -2.04. The zero-order chi connectivity index (χ0) is 12.3. The maximum absolute atomic E-state index is 11.8. The molecule has 0 fully saturated rings. The molecular formula is C12H16N2O3. The molecule has 0 aliphatic carbocycles. The van der Waals surface area contributed by atoms with E-state index >= 15 is 0 Å². The first-order valence-corrected chi connectivity index (χ1v) is 5.51. The highest BCUT2D eigenvalue weighted by Gasteiger charge is 2.07. The molecule has 1 aromatic carbocycles. The minimum atomic E-state index is -0.0932. The number of benzene rings is 1. The molecule has 5 nitrogen and oxygen atoms in total. The maximum atomic E-state index is 11.8. The summed E-state index contributed by atoms with van der Waals surface area (Å²) in [6.07, 6.45) is 0.806. The molecule has 0 amide bonds. The predicted molar refractivity (Wildman–Crippen MR) is 65.6 cm³/mol. The van der Waals surface area contributed by atoms with E-state index in [0.29, 0.717) is 13.2 Å². The van der Waals surface area contributed by atoms with Crippen LogP contribution in [0.15, 0.2) is 23.0 Å². The highest BCUT2D eigenvalue weighted by molar-refractivity contribution is 5.76. The van der Waals surface area contributed by atoms with Crippen LogP contribution in [-0.4, -0.2) is 30.4 Å². The molecule has 0 radical (unpaired) electrons. The Morgan fingerprint density at radius 1 is 1.35 bits per heavy atom. The van der Waals surface area contributed by atoms with E-state index in [1.54, 1.807) is 18.8 Å². The number of aromatic amines is 1. The zero-order valence-electron chi connectivity index (χ0n) is 10.0. The Hall–Kier alpha value is -1.75. The second kappa shape index (κ2) is 5.05. The van der Waals surface area contributed by atoms with Crippen LogP contribution in [0.3, 0.4) is 0 Å². The molecule has 1 aromatic heterocycles. The molecule has 0 aliphatic rings. The number of H-pyrrole nitrogens is 1. The molecule has 0 unspecified atom stereocenters. The first-order chi connectivity index (χ1) is 8.26. The Morgan fingerprint density at radius 2 is 2.18 bits per heavy atom. The number of hydrogen-bond donors (Lipinski definition) is 1. The van der Waals surface area contributed by atoms with E-state index in [2.05, 4.69) is 4.98 Å². The lowest BCUT2D eigenvalue weighted by Crippen LogP contribution is -2.17. The summed E-state index contributed by atoms with van der Waals surface area (Å²) in [5, 5.41) is 0. The summed E-state index contributed by atoms with van der Waals surface area (Å²) >= 11 is 0. The molecule has 1 N–H and O–H groups in total. The predicted octanol–water partition coefficient (Wildman–Crippen LogP) is 1.37. The quantitative estimate of drug-likeness (QED) is 0.798. The van der Waals surface area contributed by atoms with Gasteiger partial charge in [-0.3, -0.25) is 4.57 Å². The van der Waals surface area contributed by atoms with Crippen LogP contribution in [-0.2, 0) is 11.3 Å². The monoisotopic (exact) mass is 236 g/mol. The van der Waals surface area contributed by atoms with Crippen molar-refractivity contribution in [1.82, 2.24) is 9.55 Å². The van der Waals surface area contributed by atoms with Gasteiger partial charge in [0.1, 0.15) is 5.75 Å². The topological polar surface area (TPSA) is 56.2 Å². The standard InChI is InChI=1S/C12H16N2O3/c1-16-7-3-6-14-11-8-9(17-2)4-5-10(11)13-12(14)15/h4-5,8H,3,6-7H2,1-2H3,(H,13,15). The van der Waals surface area contributed by atoms with Gasteiger partial charge in [0, 0.05) is 26.3 Å². The van der Waals surface area contributed by atoms with Gasteiger partial charge in [0.2, 0.25) is 0 Å². The van der Waals surface area contributed by atoms with E-state index in [9.17, 15) is 4.79 Å². The van der Waals surface area contributed by atoms with Crippen LogP contribution in [0.2, 0.25) is 0 Å². The number of ether oxygens (including phenoxy) is 2. The summed E-state index contributed by atoms with van der Waals surface area (Å²) in [4.78, 5) is 14.6. The molecule has 0 spiro atoms. The molecule has 0 saturated heterocycles. The molecule has 0 atom stereocenters. The van der Waals surface area contributed by atoms with Crippen LogP contribution in [0, 0.1) is 0 Å². The summed E-state index contributed by atoms with van der Waals surface area (Å²) in [6.45, 7) is 1.28. The van der Waals surface area contributed by atoms with E-state index in [4.69, 9.17) is 9.47 Å². The number of imidazole rings is 1. The Labute approximate surface area is 99.0 Å². The molecular weight excluding hydrogens is 220 g/mol. The number of nitrogens with one attached hydrogen (secondary N) is 1. The highest BCUT2D eigenvalue weighted by atomic mass is 16.5. The number of rotatable bonds is 5. The lowest BCUT2D eigenvalue weighted by molar-refractivity contribution is 0.190. The lowest BCUT2D eigenvalue weighted by atomic mass is 10.3. The third-order valence-corrected chi connectivity index (χ3v) is 2.71. The fraction of sp³-hybridized carbons (Fsp3) is 0.417. The van der Waals surface area contributed by atoms with Crippen molar-refractivity contribution in [3.05, 3.63) is 28.7 Å². The molecule has 0 aliphatic heterocycles. The summed E-state index contributed by atoms with van der Waals surface area (Å²) in [7, 11) is 3.27. The Bertz CT molecular complexity index is 556. The van der Waals surface area contributed by atoms with Crippen molar-refractivity contribution in [2.45, 2.75) is 13.0 Å². The molecule has 0 bridgehead atoms. The van der Waals surface area contributed by atoms with Gasteiger partial charge in [0.25, 0.3) is 0 Å². The third-order valence-electron chi connectivity index (χ3n) is 2.71. The van der Waals surface area contributed by atoms with E-state index in [-0.39, 0.29) is 5.69 Å². The van der Waals surface area contributed by atoms with Gasteiger partial charge in [-0.15, -0.1) is 0 Å². The minimum absolute atomic E-state index is 0.0932. The number of hydrogen-bond acceptors (Lipinski definition) is 3. The smallest absolute Gasteiger partial charge is 0.326 e. The third kappa shape index (κ3) is 2.34. The van der Waals surface area contributed by atoms with Crippen molar-refractivity contribution < 1.29 is 9.47 Å². The van der Waals surface area contributed by atoms with Gasteiger partial charge in [-0.25, -0.2) is 4.79 Å². The van der Waals surface area contributed by atoms with Crippen molar-refractivity contribution in [3.8, 4) is 5.75 Å². The number of aromatic nitrogens is 2.